The van der Waals surface area contributed by atoms with Crippen LogP contribution < -0.4 is 15.0 Å². The smallest absolute Gasteiger partial charge is 0.410 e. The Labute approximate surface area is 176 Å². The molecule has 158 valence electrons. The lowest BCUT2D eigenvalue weighted by atomic mass is 10.1. The largest absolute Gasteiger partial charge is 0.493 e. The van der Waals surface area contributed by atoms with Crippen molar-refractivity contribution in [2.45, 2.75) is 13.0 Å². The number of benzene rings is 2. The summed E-state index contributed by atoms with van der Waals surface area (Å²) in [5, 5.41) is 3.33. The van der Waals surface area contributed by atoms with Crippen molar-refractivity contribution in [2.24, 2.45) is 5.92 Å². The van der Waals surface area contributed by atoms with Crippen LogP contribution in [-0.2, 0) is 16.1 Å². The van der Waals surface area contributed by atoms with Crippen molar-refractivity contribution in [1.82, 2.24) is 10.2 Å². The highest BCUT2D eigenvalue weighted by atomic mass is 16.6. The second-order valence-electron chi connectivity index (χ2n) is 7.67. The van der Waals surface area contributed by atoms with Crippen molar-refractivity contribution < 1.29 is 19.1 Å². The zero-order valence-electron chi connectivity index (χ0n) is 17.0. The van der Waals surface area contributed by atoms with E-state index < -0.39 is 6.09 Å². The molecule has 4 rings (SSSR count). The van der Waals surface area contributed by atoms with Crippen molar-refractivity contribution in [3.8, 4) is 5.75 Å². The van der Waals surface area contributed by atoms with Crippen LogP contribution in [0.25, 0.3) is 0 Å². The van der Waals surface area contributed by atoms with E-state index in [2.05, 4.69) is 5.32 Å². The molecule has 0 aromatic heterocycles. The molecule has 0 saturated carbocycles. The summed E-state index contributed by atoms with van der Waals surface area (Å²) in [6.07, 6.45) is 0.682. The molecule has 1 atom stereocenters. The lowest BCUT2D eigenvalue weighted by molar-refractivity contribution is -0.120. The van der Waals surface area contributed by atoms with Gasteiger partial charge in [0.05, 0.1) is 6.61 Å². The number of carbonyl (C=O) groups excluding carboxylic acids is 2. The molecule has 7 nitrogen and oxygen atoms in total. The Hall–Kier alpha value is -3.06. The third-order valence-electron chi connectivity index (χ3n) is 5.48. The van der Waals surface area contributed by atoms with Gasteiger partial charge < -0.3 is 19.7 Å². The van der Waals surface area contributed by atoms with Crippen molar-refractivity contribution in [1.29, 1.82) is 0 Å². The highest BCUT2D eigenvalue weighted by molar-refractivity contribution is 5.97. The number of rotatable bonds is 6. The minimum absolute atomic E-state index is 0.0144. The summed E-state index contributed by atoms with van der Waals surface area (Å²) in [7, 11) is 0. The van der Waals surface area contributed by atoms with Gasteiger partial charge in [-0.05, 0) is 42.8 Å². The molecule has 7 heteroatoms. The first-order valence-electron chi connectivity index (χ1n) is 10.4. The Bertz CT molecular complexity index is 851. The quantitative estimate of drug-likeness (QED) is 0.794. The third-order valence-corrected chi connectivity index (χ3v) is 5.48. The van der Waals surface area contributed by atoms with E-state index in [4.69, 9.17) is 9.47 Å². The molecule has 2 aromatic carbocycles. The summed E-state index contributed by atoms with van der Waals surface area (Å²) in [5.74, 6) is 1.24. The standard InChI is InChI=1S/C23H27N3O4/c27-22-15-25(23(28)30-16-18-4-2-1-3-5-18)12-13-26(22)20-6-8-21(9-7-20)29-17-19-10-11-24-14-19/h1-9,19,24H,10-17H2. The van der Waals surface area contributed by atoms with Gasteiger partial charge >= 0.3 is 6.09 Å². The van der Waals surface area contributed by atoms with E-state index >= 15 is 0 Å². The van der Waals surface area contributed by atoms with E-state index in [1.54, 1.807) is 4.90 Å². The molecule has 2 amide bonds. The molecule has 0 radical (unpaired) electrons. The normalized spacial score (nSPS) is 19.1. The number of amides is 2. The molecule has 2 fully saturated rings. The molecule has 2 aromatic rings. The predicted molar refractivity (Wildman–Crippen MR) is 113 cm³/mol. The van der Waals surface area contributed by atoms with Crippen molar-refractivity contribution in [3.63, 3.8) is 0 Å². The fraction of sp³-hybridized carbons (Fsp3) is 0.391. The Morgan fingerprint density at radius 1 is 1.07 bits per heavy atom. The number of carbonyl (C=O) groups is 2. The number of ether oxygens (including phenoxy) is 2. The van der Waals surface area contributed by atoms with Gasteiger partial charge in [0.15, 0.2) is 0 Å². The fourth-order valence-electron chi connectivity index (χ4n) is 3.71. The molecule has 30 heavy (non-hydrogen) atoms. The van der Waals surface area contributed by atoms with Crippen molar-refractivity contribution >= 4 is 17.7 Å². The monoisotopic (exact) mass is 409 g/mol. The minimum Gasteiger partial charge on any atom is -0.493 e. The zero-order valence-corrected chi connectivity index (χ0v) is 17.0. The summed E-state index contributed by atoms with van der Waals surface area (Å²) in [6.45, 7) is 3.85. The van der Waals surface area contributed by atoms with Gasteiger partial charge in [0, 0.05) is 31.2 Å². The van der Waals surface area contributed by atoms with Crippen LogP contribution in [-0.4, -0.2) is 56.2 Å². The van der Waals surface area contributed by atoms with Gasteiger partial charge in [0.2, 0.25) is 5.91 Å². The number of nitrogens with one attached hydrogen (secondary N) is 1. The number of anilines is 1. The first-order chi connectivity index (χ1) is 14.7. The van der Waals surface area contributed by atoms with E-state index in [0.29, 0.717) is 25.6 Å². The molecular formula is C23H27N3O4. The first-order valence-corrected chi connectivity index (χ1v) is 10.4. The highest BCUT2D eigenvalue weighted by Crippen LogP contribution is 2.22. The highest BCUT2D eigenvalue weighted by Gasteiger charge is 2.29. The molecule has 1 unspecified atom stereocenters. The topological polar surface area (TPSA) is 71.1 Å². The molecule has 1 N–H and O–H groups in total. The van der Waals surface area contributed by atoms with Crippen LogP contribution in [0, 0.1) is 5.92 Å². The van der Waals surface area contributed by atoms with Crippen molar-refractivity contribution in [2.75, 3.05) is 44.2 Å². The summed E-state index contributed by atoms with van der Waals surface area (Å²) >= 11 is 0. The van der Waals surface area contributed by atoms with Crippen LogP contribution in [0.3, 0.4) is 0 Å². The number of piperazine rings is 1. The van der Waals surface area contributed by atoms with Crippen LogP contribution in [0.1, 0.15) is 12.0 Å². The zero-order chi connectivity index (χ0) is 20.8. The molecule has 0 aliphatic carbocycles. The lowest BCUT2D eigenvalue weighted by Crippen LogP contribution is -2.52. The van der Waals surface area contributed by atoms with Gasteiger partial charge in [-0.25, -0.2) is 4.79 Å². The van der Waals surface area contributed by atoms with Crippen LogP contribution in [0.2, 0.25) is 0 Å². The van der Waals surface area contributed by atoms with E-state index in [9.17, 15) is 9.59 Å². The molecule has 0 bridgehead atoms. The summed E-state index contributed by atoms with van der Waals surface area (Å²) in [6, 6.07) is 17.1. The second kappa shape index (κ2) is 9.63. The van der Waals surface area contributed by atoms with E-state index in [1.165, 1.54) is 4.90 Å². The van der Waals surface area contributed by atoms with Gasteiger partial charge in [0.1, 0.15) is 18.9 Å². The van der Waals surface area contributed by atoms with E-state index in [0.717, 1.165) is 36.5 Å². The summed E-state index contributed by atoms with van der Waals surface area (Å²) in [4.78, 5) is 28.1. The average Bonchev–Trinajstić information content (AvgIpc) is 3.31. The van der Waals surface area contributed by atoms with Gasteiger partial charge in [-0.1, -0.05) is 30.3 Å². The molecule has 2 aliphatic rings. The van der Waals surface area contributed by atoms with E-state index in [1.807, 2.05) is 54.6 Å². The van der Waals surface area contributed by atoms with Gasteiger partial charge in [-0.15, -0.1) is 0 Å². The van der Waals surface area contributed by atoms with Crippen LogP contribution >= 0.6 is 0 Å². The van der Waals surface area contributed by atoms with Crippen LogP contribution in [0.4, 0.5) is 10.5 Å². The summed E-state index contributed by atoms with van der Waals surface area (Å²) < 4.78 is 11.2. The fourth-order valence-corrected chi connectivity index (χ4v) is 3.71. The Morgan fingerprint density at radius 2 is 1.87 bits per heavy atom. The summed E-state index contributed by atoms with van der Waals surface area (Å²) in [5.41, 5.74) is 1.73. The maximum absolute atomic E-state index is 12.6. The minimum atomic E-state index is -0.461. The van der Waals surface area contributed by atoms with E-state index in [-0.39, 0.29) is 19.1 Å². The van der Waals surface area contributed by atoms with Crippen LogP contribution in [0.5, 0.6) is 5.75 Å². The maximum Gasteiger partial charge on any atom is 0.410 e. The van der Waals surface area contributed by atoms with Gasteiger partial charge in [-0.3, -0.25) is 9.69 Å². The number of nitrogens with zero attached hydrogens (tertiary/aromatic N) is 2. The molecule has 0 spiro atoms. The predicted octanol–water partition coefficient (Wildman–Crippen LogP) is 2.66. The molecule has 2 heterocycles. The second-order valence-corrected chi connectivity index (χ2v) is 7.67. The van der Waals surface area contributed by atoms with Crippen molar-refractivity contribution in [3.05, 3.63) is 60.2 Å². The first kappa shape index (κ1) is 20.2. The molecule has 2 saturated heterocycles. The SMILES string of the molecule is O=C(OCc1ccccc1)N1CCN(c2ccc(OCC3CCNC3)cc2)C(=O)C1. The van der Waals surface area contributed by atoms with Gasteiger partial charge in [-0.2, -0.15) is 0 Å². The van der Waals surface area contributed by atoms with Crippen LogP contribution in [0.15, 0.2) is 54.6 Å². The molecule has 2 aliphatic heterocycles. The maximum atomic E-state index is 12.6. The number of hydrogen-bond acceptors (Lipinski definition) is 5. The lowest BCUT2D eigenvalue weighted by Gasteiger charge is -2.33. The average molecular weight is 409 g/mol. The Balaban J connectivity index is 1.26. The third kappa shape index (κ3) is 5.10. The molecular weight excluding hydrogens is 382 g/mol. The van der Waals surface area contributed by atoms with Gasteiger partial charge in [0.25, 0.3) is 0 Å². The number of hydrogen-bond donors (Lipinski definition) is 1. The Morgan fingerprint density at radius 3 is 2.57 bits per heavy atom. The Kier molecular flexibility index (Phi) is 6.49.